The molecule has 0 saturated carbocycles. The number of para-hydroxylation sites is 2. The average molecular weight is 285 g/mol. The fraction of sp³-hybridized carbons (Fsp3) is 0.176. The number of methoxy groups -OCH3 is 1. The molecule has 1 aromatic heterocycles. The van der Waals surface area contributed by atoms with E-state index in [0.717, 1.165) is 16.7 Å². The third-order valence-corrected chi connectivity index (χ3v) is 3.44. The molecule has 108 valence electrons. The molecule has 0 spiro atoms. The fourth-order valence-electron chi connectivity index (χ4n) is 2.37. The molecule has 3 nitrogen and oxygen atoms in total. The maximum Gasteiger partial charge on any atom is 0.176 e. The zero-order valence-electron chi connectivity index (χ0n) is 11.9. The average Bonchev–Trinajstić information content (AvgIpc) is 2.89. The van der Waals surface area contributed by atoms with Crippen LogP contribution in [-0.4, -0.2) is 7.11 Å². The Balaban J connectivity index is 1.86. The lowest BCUT2D eigenvalue weighted by molar-refractivity contribution is 0.408. The van der Waals surface area contributed by atoms with E-state index in [2.05, 4.69) is 5.32 Å². The smallest absolute Gasteiger partial charge is 0.176 e. The predicted molar refractivity (Wildman–Crippen MR) is 81.2 cm³/mol. The van der Waals surface area contributed by atoms with Gasteiger partial charge in [-0.3, -0.25) is 0 Å². The molecule has 0 unspecified atom stereocenters. The minimum atomic E-state index is -0.260. The van der Waals surface area contributed by atoms with Gasteiger partial charge in [0.2, 0.25) is 0 Å². The second-order valence-electron chi connectivity index (χ2n) is 4.88. The number of aryl methyl sites for hydroxylation is 1. The largest absolute Gasteiger partial charge is 0.493 e. The van der Waals surface area contributed by atoms with Gasteiger partial charge < -0.3 is 14.5 Å². The molecule has 3 rings (SSSR count). The van der Waals surface area contributed by atoms with Gasteiger partial charge >= 0.3 is 0 Å². The van der Waals surface area contributed by atoms with Crippen molar-refractivity contribution in [3.8, 4) is 5.75 Å². The molecule has 0 atom stereocenters. The van der Waals surface area contributed by atoms with Crippen LogP contribution in [0.4, 0.5) is 10.1 Å². The number of halogens is 1. The summed E-state index contributed by atoms with van der Waals surface area (Å²) in [6.07, 6.45) is 0. The molecule has 4 heteroatoms. The van der Waals surface area contributed by atoms with Crippen molar-refractivity contribution in [2.24, 2.45) is 0 Å². The molecule has 1 N–H and O–H groups in total. The summed E-state index contributed by atoms with van der Waals surface area (Å²) in [6.45, 7) is 2.28. The summed E-state index contributed by atoms with van der Waals surface area (Å²) in [4.78, 5) is 0. The zero-order valence-corrected chi connectivity index (χ0v) is 11.9. The van der Waals surface area contributed by atoms with Crippen LogP contribution in [0.1, 0.15) is 11.3 Å². The van der Waals surface area contributed by atoms with Gasteiger partial charge in [-0.25, -0.2) is 4.39 Å². The van der Waals surface area contributed by atoms with E-state index in [1.54, 1.807) is 13.2 Å². The second-order valence-corrected chi connectivity index (χ2v) is 4.88. The first-order valence-electron chi connectivity index (χ1n) is 6.73. The Bertz CT molecular complexity index is 759. The van der Waals surface area contributed by atoms with Crippen molar-refractivity contribution in [1.29, 1.82) is 0 Å². The Kier molecular flexibility index (Phi) is 3.52. The molecule has 0 fully saturated rings. The van der Waals surface area contributed by atoms with Crippen LogP contribution >= 0.6 is 0 Å². The highest BCUT2D eigenvalue weighted by atomic mass is 19.1. The Morgan fingerprint density at radius 1 is 1.19 bits per heavy atom. The van der Waals surface area contributed by atoms with Gasteiger partial charge in [0.05, 0.1) is 19.3 Å². The maximum atomic E-state index is 13.8. The summed E-state index contributed by atoms with van der Waals surface area (Å²) in [5.74, 6) is 1.17. The van der Waals surface area contributed by atoms with E-state index in [4.69, 9.17) is 9.15 Å². The van der Waals surface area contributed by atoms with Crippen LogP contribution in [0, 0.1) is 12.7 Å². The third kappa shape index (κ3) is 2.57. The van der Waals surface area contributed by atoms with Gasteiger partial charge in [0.1, 0.15) is 11.6 Å². The topological polar surface area (TPSA) is 34.4 Å². The highest BCUT2D eigenvalue weighted by molar-refractivity contribution is 5.83. The fourth-order valence-corrected chi connectivity index (χ4v) is 2.37. The minimum absolute atomic E-state index is 0.260. The Labute approximate surface area is 122 Å². The van der Waals surface area contributed by atoms with Crippen LogP contribution in [-0.2, 0) is 6.54 Å². The zero-order chi connectivity index (χ0) is 14.8. The standard InChI is InChI=1S/C17H16FNO2/c1-11-5-3-7-14(18)16(11)19-10-13-9-12-6-4-8-15(20-2)17(12)21-13/h3-9,19H,10H2,1-2H3. The van der Waals surface area contributed by atoms with Gasteiger partial charge in [0.15, 0.2) is 11.3 Å². The summed E-state index contributed by atoms with van der Waals surface area (Å²) >= 11 is 0. The maximum absolute atomic E-state index is 13.8. The number of nitrogens with one attached hydrogen (secondary N) is 1. The number of rotatable bonds is 4. The first-order valence-corrected chi connectivity index (χ1v) is 6.73. The monoisotopic (exact) mass is 285 g/mol. The number of hydrogen-bond donors (Lipinski definition) is 1. The van der Waals surface area contributed by atoms with E-state index in [1.807, 2.05) is 37.3 Å². The number of ether oxygens (including phenoxy) is 1. The van der Waals surface area contributed by atoms with Crippen LogP contribution < -0.4 is 10.1 Å². The summed E-state index contributed by atoms with van der Waals surface area (Å²) in [5.41, 5.74) is 2.08. The summed E-state index contributed by atoms with van der Waals surface area (Å²) in [6, 6.07) is 12.7. The molecule has 1 heterocycles. The summed E-state index contributed by atoms with van der Waals surface area (Å²) in [5, 5.41) is 4.06. The van der Waals surface area contributed by atoms with Gasteiger partial charge in [0.25, 0.3) is 0 Å². The van der Waals surface area contributed by atoms with E-state index in [-0.39, 0.29) is 5.82 Å². The molecule has 2 aromatic carbocycles. The first-order chi connectivity index (χ1) is 10.2. The van der Waals surface area contributed by atoms with Crippen LogP contribution in [0.5, 0.6) is 5.75 Å². The van der Waals surface area contributed by atoms with Crippen molar-refractivity contribution >= 4 is 16.7 Å². The van der Waals surface area contributed by atoms with Crippen molar-refractivity contribution in [3.05, 3.63) is 59.6 Å². The predicted octanol–water partition coefficient (Wildman–Crippen LogP) is 4.50. The molecular weight excluding hydrogens is 269 g/mol. The molecule has 0 aliphatic rings. The Morgan fingerprint density at radius 3 is 2.76 bits per heavy atom. The van der Waals surface area contributed by atoms with Crippen LogP contribution in [0.2, 0.25) is 0 Å². The normalized spacial score (nSPS) is 10.8. The van der Waals surface area contributed by atoms with E-state index < -0.39 is 0 Å². The van der Waals surface area contributed by atoms with E-state index in [1.165, 1.54) is 6.07 Å². The summed E-state index contributed by atoms with van der Waals surface area (Å²) < 4.78 is 24.8. The van der Waals surface area contributed by atoms with E-state index in [0.29, 0.717) is 23.6 Å². The molecule has 0 radical (unpaired) electrons. The van der Waals surface area contributed by atoms with Crippen molar-refractivity contribution in [2.75, 3.05) is 12.4 Å². The lowest BCUT2D eigenvalue weighted by atomic mass is 10.2. The molecule has 0 aliphatic carbocycles. The third-order valence-electron chi connectivity index (χ3n) is 3.44. The molecule has 0 bridgehead atoms. The minimum Gasteiger partial charge on any atom is -0.493 e. The number of hydrogen-bond acceptors (Lipinski definition) is 3. The highest BCUT2D eigenvalue weighted by Crippen LogP contribution is 2.29. The number of benzene rings is 2. The van der Waals surface area contributed by atoms with E-state index >= 15 is 0 Å². The van der Waals surface area contributed by atoms with Crippen molar-refractivity contribution in [2.45, 2.75) is 13.5 Å². The first kappa shape index (κ1) is 13.5. The van der Waals surface area contributed by atoms with Crippen molar-refractivity contribution < 1.29 is 13.5 Å². The van der Waals surface area contributed by atoms with Crippen LogP contribution in [0.3, 0.4) is 0 Å². The number of anilines is 1. The molecule has 0 saturated heterocycles. The molecule has 0 aliphatic heterocycles. The van der Waals surface area contributed by atoms with Crippen LogP contribution in [0.15, 0.2) is 46.9 Å². The van der Waals surface area contributed by atoms with Gasteiger partial charge in [-0.05, 0) is 30.7 Å². The number of fused-ring (bicyclic) bond motifs is 1. The van der Waals surface area contributed by atoms with Gasteiger partial charge in [-0.15, -0.1) is 0 Å². The molecule has 0 amide bonds. The highest BCUT2D eigenvalue weighted by Gasteiger charge is 2.10. The quantitative estimate of drug-likeness (QED) is 0.766. The lowest BCUT2D eigenvalue weighted by Gasteiger charge is -2.08. The van der Waals surface area contributed by atoms with E-state index in [9.17, 15) is 4.39 Å². The van der Waals surface area contributed by atoms with Gasteiger partial charge in [-0.1, -0.05) is 24.3 Å². The molecular formula is C17H16FNO2. The van der Waals surface area contributed by atoms with Gasteiger partial charge in [-0.2, -0.15) is 0 Å². The second kappa shape index (κ2) is 5.48. The Morgan fingerprint density at radius 2 is 2.00 bits per heavy atom. The Hall–Kier alpha value is -2.49. The number of furan rings is 1. The lowest BCUT2D eigenvalue weighted by Crippen LogP contribution is -2.02. The van der Waals surface area contributed by atoms with Gasteiger partial charge in [0, 0.05) is 5.39 Å². The SMILES string of the molecule is COc1cccc2cc(CNc3c(C)cccc3F)oc12. The van der Waals surface area contributed by atoms with Crippen molar-refractivity contribution in [1.82, 2.24) is 0 Å². The molecule has 3 aromatic rings. The molecule has 21 heavy (non-hydrogen) atoms. The van der Waals surface area contributed by atoms with Crippen molar-refractivity contribution in [3.63, 3.8) is 0 Å². The van der Waals surface area contributed by atoms with Crippen LogP contribution in [0.25, 0.3) is 11.0 Å². The summed E-state index contributed by atoms with van der Waals surface area (Å²) in [7, 11) is 1.61.